The molecule has 2 saturated heterocycles. The minimum Gasteiger partial charge on any atom is -0.449 e. The number of para-hydroxylation sites is 2. The van der Waals surface area contributed by atoms with Gasteiger partial charge in [0, 0.05) is 45.3 Å². The van der Waals surface area contributed by atoms with E-state index in [1.807, 2.05) is 30.3 Å². The molecule has 1 aromatic heterocycles. The number of benzene rings is 2. The summed E-state index contributed by atoms with van der Waals surface area (Å²) >= 11 is 0. The van der Waals surface area contributed by atoms with E-state index in [1.54, 1.807) is 68.3 Å². The number of nitrogens with zero attached hydrogens (tertiary/aromatic N) is 4. The number of nitrogens with one attached hydrogen (secondary N) is 2. The summed E-state index contributed by atoms with van der Waals surface area (Å²) in [5.74, 6) is -0.214. The summed E-state index contributed by atoms with van der Waals surface area (Å²) in [6, 6.07) is 19.6. The quantitative estimate of drug-likeness (QED) is 0.276. The molecule has 0 bridgehead atoms. The summed E-state index contributed by atoms with van der Waals surface area (Å²) in [4.78, 5) is 51.5. The van der Waals surface area contributed by atoms with Crippen LogP contribution in [0.4, 0.5) is 21.0 Å². The van der Waals surface area contributed by atoms with Crippen LogP contribution in [-0.4, -0.2) is 96.6 Å². The van der Waals surface area contributed by atoms with E-state index >= 15 is 0 Å². The zero-order chi connectivity index (χ0) is 34.6. The Hall–Kier alpha value is -4.85. The Labute approximate surface area is 286 Å². The number of aromatic nitrogens is 1. The number of ether oxygens (including phenoxy) is 4. The van der Waals surface area contributed by atoms with Gasteiger partial charge in [-0.25, -0.2) is 9.59 Å². The lowest BCUT2D eigenvalue weighted by Crippen LogP contribution is -2.38. The van der Waals surface area contributed by atoms with Crippen LogP contribution < -0.4 is 10.6 Å². The first-order valence-corrected chi connectivity index (χ1v) is 16.5. The minimum atomic E-state index is -0.673. The van der Waals surface area contributed by atoms with Crippen molar-refractivity contribution in [1.82, 2.24) is 14.8 Å². The maximum atomic E-state index is 13.5. The Morgan fingerprint density at radius 2 is 1.67 bits per heavy atom. The molecule has 0 spiro atoms. The predicted molar refractivity (Wildman–Crippen MR) is 185 cm³/mol. The van der Waals surface area contributed by atoms with Crippen molar-refractivity contribution in [3.05, 3.63) is 89.7 Å². The van der Waals surface area contributed by atoms with Gasteiger partial charge < -0.3 is 29.2 Å². The number of morpholine rings is 1. The van der Waals surface area contributed by atoms with Crippen LogP contribution in [-0.2, 0) is 31.9 Å². The third kappa shape index (κ3) is 11.4. The molecule has 1 unspecified atom stereocenters. The molecule has 260 valence electrons. The van der Waals surface area contributed by atoms with Crippen molar-refractivity contribution >= 4 is 35.3 Å². The highest BCUT2D eigenvalue weighted by atomic mass is 16.7. The van der Waals surface area contributed by atoms with E-state index in [1.165, 1.54) is 0 Å². The Morgan fingerprint density at radius 3 is 2.37 bits per heavy atom. The second kappa shape index (κ2) is 17.0. The van der Waals surface area contributed by atoms with Crippen molar-refractivity contribution in [3.63, 3.8) is 0 Å². The first-order chi connectivity index (χ1) is 23.6. The average molecular weight is 673 g/mol. The summed E-state index contributed by atoms with van der Waals surface area (Å²) in [5, 5.41) is 5.47. The summed E-state index contributed by atoms with van der Waals surface area (Å²) in [6.07, 6.45) is 1.72. The molecule has 3 heterocycles. The fourth-order valence-corrected chi connectivity index (χ4v) is 5.25. The van der Waals surface area contributed by atoms with Gasteiger partial charge >= 0.3 is 12.1 Å². The van der Waals surface area contributed by atoms with Gasteiger partial charge in [0.05, 0.1) is 24.6 Å². The SMILES string of the molecule is CC(C)(C)OC(=O)Nc1ccccc1NC(=O)c1ccc(CN(CCCN2CCOCC2)C(=O)N=C2COC(Cc3ccccc3)O2)cn1. The van der Waals surface area contributed by atoms with Crippen molar-refractivity contribution in [3.8, 4) is 0 Å². The smallest absolute Gasteiger partial charge is 0.412 e. The zero-order valence-corrected chi connectivity index (χ0v) is 28.2. The van der Waals surface area contributed by atoms with Gasteiger partial charge in [-0.2, -0.15) is 4.99 Å². The Kier molecular flexibility index (Phi) is 12.3. The molecule has 2 N–H and O–H groups in total. The summed E-state index contributed by atoms with van der Waals surface area (Å²) < 4.78 is 22.4. The largest absolute Gasteiger partial charge is 0.449 e. The topological polar surface area (TPSA) is 144 Å². The zero-order valence-electron chi connectivity index (χ0n) is 28.2. The van der Waals surface area contributed by atoms with Gasteiger partial charge in [-0.1, -0.05) is 48.5 Å². The van der Waals surface area contributed by atoms with E-state index in [2.05, 4.69) is 25.5 Å². The van der Waals surface area contributed by atoms with Gasteiger partial charge in [0.25, 0.3) is 5.91 Å². The predicted octanol–water partition coefficient (Wildman–Crippen LogP) is 5.34. The molecular weight excluding hydrogens is 628 g/mol. The third-order valence-electron chi connectivity index (χ3n) is 7.64. The number of amides is 4. The molecule has 13 heteroatoms. The molecule has 0 radical (unpaired) electrons. The number of aliphatic imine (C=N–C) groups is 1. The second-order valence-corrected chi connectivity index (χ2v) is 12.7. The molecule has 13 nitrogen and oxygen atoms in total. The van der Waals surface area contributed by atoms with E-state index in [0.29, 0.717) is 37.6 Å². The lowest BCUT2D eigenvalue weighted by Gasteiger charge is -2.28. The summed E-state index contributed by atoms with van der Waals surface area (Å²) in [5.41, 5.74) is 2.07. The third-order valence-corrected chi connectivity index (χ3v) is 7.64. The molecule has 0 saturated carbocycles. The van der Waals surface area contributed by atoms with Gasteiger partial charge in [0.2, 0.25) is 12.2 Å². The number of hydrogen-bond donors (Lipinski definition) is 2. The average Bonchev–Trinajstić information content (AvgIpc) is 3.51. The lowest BCUT2D eigenvalue weighted by atomic mass is 10.1. The van der Waals surface area contributed by atoms with Crippen molar-refractivity contribution in [2.45, 2.75) is 52.0 Å². The van der Waals surface area contributed by atoms with E-state index in [-0.39, 0.29) is 24.7 Å². The van der Waals surface area contributed by atoms with Crippen LogP contribution >= 0.6 is 0 Å². The molecule has 1 atom stereocenters. The number of rotatable bonds is 11. The molecule has 2 aliphatic heterocycles. The highest BCUT2D eigenvalue weighted by Gasteiger charge is 2.25. The normalized spacial score (nSPS) is 17.3. The maximum absolute atomic E-state index is 13.5. The summed E-state index contributed by atoms with van der Waals surface area (Å²) in [7, 11) is 0. The molecule has 5 rings (SSSR count). The molecule has 3 aromatic rings. The van der Waals surface area contributed by atoms with Crippen LogP contribution in [0.15, 0.2) is 77.9 Å². The van der Waals surface area contributed by atoms with Crippen molar-refractivity contribution in [1.29, 1.82) is 0 Å². The van der Waals surface area contributed by atoms with E-state index in [0.717, 1.165) is 37.2 Å². The molecule has 4 amide bonds. The Morgan fingerprint density at radius 1 is 0.959 bits per heavy atom. The van der Waals surface area contributed by atoms with Gasteiger partial charge in [-0.3, -0.25) is 20.0 Å². The lowest BCUT2D eigenvalue weighted by molar-refractivity contribution is -0.0209. The van der Waals surface area contributed by atoms with Crippen LogP contribution in [0.3, 0.4) is 0 Å². The number of carbonyl (C=O) groups excluding carboxylic acids is 3. The van der Waals surface area contributed by atoms with Gasteiger partial charge in [-0.05, 0) is 56.5 Å². The molecule has 49 heavy (non-hydrogen) atoms. The molecular formula is C36H44N6O7. The highest BCUT2D eigenvalue weighted by molar-refractivity contribution is 6.05. The van der Waals surface area contributed by atoms with Crippen LogP contribution in [0.1, 0.15) is 48.8 Å². The highest BCUT2D eigenvalue weighted by Crippen LogP contribution is 2.23. The molecule has 2 aromatic carbocycles. The van der Waals surface area contributed by atoms with Crippen LogP contribution in [0.5, 0.6) is 0 Å². The second-order valence-electron chi connectivity index (χ2n) is 12.7. The monoisotopic (exact) mass is 672 g/mol. The number of pyridine rings is 1. The first-order valence-electron chi connectivity index (χ1n) is 16.5. The molecule has 2 fully saturated rings. The van der Waals surface area contributed by atoms with Gasteiger partial charge in [0.15, 0.2) is 0 Å². The Bertz CT molecular complexity index is 1590. The first kappa shape index (κ1) is 35.5. The number of carbonyl (C=O) groups is 3. The van der Waals surface area contributed by atoms with Gasteiger partial charge in [0.1, 0.15) is 17.9 Å². The van der Waals surface area contributed by atoms with Crippen molar-refractivity contribution < 1.29 is 33.3 Å². The Balaban J connectivity index is 1.21. The number of anilines is 2. The standard InChI is InChI=1S/C36H44N6O7/c1-36(2,3)49-35(45)39-29-13-8-7-12-28(29)38-33(43)30-15-14-27(23-37-30)24-42(17-9-16-41-18-20-46-21-19-41)34(44)40-31-25-47-32(48-31)22-26-10-5-4-6-11-26/h4-8,10-15,23,32H,9,16-22,24-25H2,1-3H3,(H,38,43)(H,39,45). The van der Waals surface area contributed by atoms with Crippen LogP contribution in [0.25, 0.3) is 0 Å². The number of hydrogen-bond acceptors (Lipinski definition) is 9. The van der Waals surface area contributed by atoms with Crippen LogP contribution in [0, 0.1) is 0 Å². The van der Waals surface area contributed by atoms with Crippen LogP contribution in [0.2, 0.25) is 0 Å². The van der Waals surface area contributed by atoms with Gasteiger partial charge in [-0.15, -0.1) is 0 Å². The van der Waals surface area contributed by atoms with E-state index in [4.69, 9.17) is 18.9 Å². The fourth-order valence-electron chi connectivity index (χ4n) is 5.25. The summed E-state index contributed by atoms with van der Waals surface area (Å²) in [6.45, 7) is 10.1. The van der Waals surface area contributed by atoms with Crippen molar-refractivity contribution in [2.75, 3.05) is 56.6 Å². The fraction of sp³-hybridized carbons (Fsp3) is 0.417. The molecule has 0 aliphatic carbocycles. The molecule has 2 aliphatic rings. The van der Waals surface area contributed by atoms with E-state index < -0.39 is 29.9 Å². The minimum absolute atomic E-state index is 0.118. The number of urea groups is 1. The van der Waals surface area contributed by atoms with E-state index in [9.17, 15) is 14.4 Å². The maximum Gasteiger partial charge on any atom is 0.412 e. The van der Waals surface area contributed by atoms with Crippen molar-refractivity contribution in [2.24, 2.45) is 4.99 Å².